The molecule has 2 N–H and O–H groups in total. The second kappa shape index (κ2) is 8.35. The summed E-state index contributed by atoms with van der Waals surface area (Å²) in [5.74, 6) is -0.914. The zero-order valence-corrected chi connectivity index (χ0v) is 15.3. The number of nitrogens with zero attached hydrogens (tertiary/aromatic N) is 1. The molecule has 0 aromatic rings. The molecule has 0 aromatic heterocycles. The molecule has 7 heteroatoms. The molecule has 1 aliphatic rings. The van der Waals surface area contributed by atoms with E-state index in [0.29, 0.717) is 12.5 Å². The Kier molecular flexibility index (Phi) is 7.05. The molecule has 1 saturated carbocycles. The van der Waals surface area contributed by atoms with Crippen LogP contribution in [0.5, 0.6) is 0 Å². The number of nitrogens with one attached hydrogen (secondary N) is 1. The van der Waals surface area contributed by atoms with Crippen molar-refractivity contribution in [3.8, 4) is 0 Å². The number of hydrogen-bond donors (Lipinski definition) is 2. The minimum atomic E-state index is -0.999. The molecule has 24 heavy (non-hydrogen) atoms. The Hall–Kier alpha value is -1.79. The third-order valence-electron chi connectivity index (χ3n) is 4.42. The first-order chi connectivity index (χ1) is 11.0. The van der Waals surface area contributed by atoms with Gasteiger partial charge in [0.25, 0.3) is 0 Å². The first-order valence-corrected chi connectivity index (χ1v) is 8.47. The van der Waals surface area contributed by atoms with Crippen molar-refractivity contribution in [2.24, 2.45) is 11.8 Å². The van der Waals surface area contributed by atoms with Crippen LogP contribution in [0, 0.1) is 11.8 Å². The van der Waals surface area contributed by atoms with Crippen LogP contribution >= 0.6 is 0 Å². The third kappa shape index (κ3) is 6.37. The van der Waals surface area contributed by atoms with Crippen LogP contribution in [0.15, 0.2) is 0 Å². The quantitative estimate of drug-likeness (QED) is 0.799. The first kappa shape index (κ1) is 20.3. The zero-order chi connectivity index (χ0) is 18.5. The smallest absolute Gasteiger partial charge is 0.407 e. The molecule has 138 valence electrons. The highest BCUT2D eigenvalue weighted by Crippen LogP contribution is 2.30. The van der Waals surface area contributed by atoms with Crippen molar-refractivity contribution in [1.29, 1.82) is 0 Å². The SMILES string of the molecule is C[C@@H](C(=O)O)N(C)C(=O)[C@H]1CC[C@H](CNC(=O)OC(C)(C)C)CC1. The van der Waals surface area contributed by atoms with Gasteiger partial charge in [-0.3, -0.25) is 4.79 Å². The van der Waals surface area contributed by atoms with Crippen LogP contribution < -0.4 is 5.32 Å². The van der Waals surface area contributed by atoms with Crippen molar-refractivity contribution in [3.63, 3.8) is 0 Å². The molecular formula is C17H30N2O5. The second-order valence-corrected chi connectivity index (χ2v) is 7.56. The molecule has 0 heterocycles. The minimum absolute atomic E-state index is 0.108. The van der Waals surface area contributed by atoms with Crippen LogP contribution in [0.4, 0.5) is 4.79 Å². The van der Waals surface area contributed by atoms with Gasteiger partial charge in [-0.1, -0.05) is 0 Å². The Morgan fingerprint density at radius 2 is 1.75 bits per heavy atom. The maximum absolute atomic E-state index is 12.3. The first-order valence-electron chi connectivity index (χ1n) is 8.47. The van der Waals surface area contributed by atoms with E-state index in [1.807, 2.05) is 20.8 Å². The van der Waals surface area contributed by atoms with Crippen molar-refractivity contribution >= 4 is 18.0 Å². The molecule has 0 saturated heterocycles. The van der Waals surface area contributed by atoms with E-state index in [4.69, 9.17) is 9.84 Å². The van der Waals surface area contributed by atoms with Crippen LogP contribution in [-0.2, 0) is 14.3 Å². The summed E-state index contributed by atoms with van der Waals surface area (Å²) < 4.78 is 5.20. The van der Waals surface area contributed by atoms with E-state index in [-0.39, 0.29) is 11.8 Å². The summed E-state index contributed by atoms with van der Waals surface area (Å²) in [6.07, 6.45) is 2.69. The highest BCUT2D eigenvalue weighted by Gasteiger charge is 2.31. The number of aliphatic carboxylic acids is 1. The predicted octanol–water partition coefficient (Wildman–Crippen LogP) is 2.25. The van der Waals surface area contributed by atoms with Crippen molar-refractivity contribution in [2.75, 3.05) is 13.6 Å². The number of carboxylic acid groups (broad SMARTS) is 1. The molecule has 0 aromatic carbocycles. The lowest BCUT2D eigenvalue weighted by molar-refractivity contribution is -0.150. The van der Waals surface area contributed by atoms with Gasteiger partial charge >= 0.3 is 12.1 Å². The summed E-state index contributed by atoms with van der Waals surface area (Å²) in [6.45, 7) is 7.50. The standard InChI is InChI=1S/C17H30N2O5/c1-11(15(21)22)19(5)14(20)13-8-6-12(7-9-13)10-18-16(23)24-17(2,3)4/h11-13H,6-10H2,1-5H3,(H,18,23)(H,21,22)/t11-,12-,13-/m0/s1. The van der Waals surface area contributed by atoms with Crippen LogP contribution in [0.25, 0.3) is 0 Å². The van der Waals surface area contributed by atoms with E-state index in [1.165, 1.54) is 18.9 Å². The maximum atomic E-state index is 12.3. The van der Waals surface area contributed by atoms with Crippen molar-refractivity contribution in [1.82, 2.24) is 10.2 Å². The number of amides is 2. The maximum Gasteiger partial charge on any atom is 0.407 e. The van der Waals surface area contributed by atoms with E-state index in [0.717, 1.165) is 25.7 Å². The van der Waals surface area contributed by atoms with Gasteiger partial charge in [0.1, 0.15) is 11.6 Å². The Balaban J connectivity index is 2.37. The Morgan fingerprint density at radius 3 is 2.21 bits per heavy atom. The second-order valence-electron chi connectivity index (χ2n) is 7.56. The largest absolute Gasteiger partial charge is 0.480 e. The van der Waals surface area contributed by atoms with Crippen molar-refractivity contribution in [3.05, 3.63) is 0 Å². The normalized spacial score (nSPS) is 22.4. The Labute approximate surface area is 143 Å². The number of carbonyl (C=O) groups is 3. The fourth-order valence-electron chi connectivity index (χ4n) is 2.80. The number of likely N-dealkylation sites (N-methyl/N-ethyl adjacent to an activating group) is 1. The van der Waals surface area contributed by atoms with Gasteiger partial charge in [-0.25, -0.2) is 9.59 Å². The summed E-state index contributed by atoms with van der Waals surface area (Å²) in [5.41, 5.74) is -0.514. The zero-order valence-electron chi connectivity index (χ0n) is 15.3. The number of carbonyl (C=O) groups excluding carboxylic acids is 2. The number of alkyl carbamates (subject to hydrolysis) is 1. The van der Waals surface area contributed by atoms with Crippen molar-refractivity contribution < 1.29 is 24.2 Å². The lowest BCUT2D eigenvalue weighted by atomic mass is 9.81. The fraction of sp³-hybridized carbons (Fsp3) is 0.824. The predicted molar refractivity (Wildman–Crippen MR) is 89.6 cm³/mol. The fourth-order valence-corrected chi connectivity index (χ4v) is 2.80. The average Bonchev–Trinajstić information content (AvgIpc) is 2.49. The Bertz CT molecular complexity index is 464. The molecule has 7 nitrogen and oxygen atoms in total. The number of carboxylic acids is 1. The highest BCUT2D eigenvalue weighted by molar-refractivity contribution is 5.84. The molecule has 0 aliphatic heterocycles. The van der Waals surface area contributed by atoms with Gasteiger partial charge in [-0.05, 0) is 59.3 Å². The van der Waals surface area contributed by atoms with Crippen LogP contribution in [-0.4, -0.2) is 53.2 Å². The van der Waals surface area contributed by atoms with E-state index in [1.54, 1.807) is 0 Å². The summed E-state index contributed by atoms with van der Waals surface area (Å²) in [7, 11) is 1.54. The lowest BCUT2D eigenvalue weighted by Gasteiger charge is -2.32. The van der Waals surface area contributed by atoms with Gasteiger partial charge in [0.15, 0.2) is 0 Å². The number of rotatable bonds is 5. The third-order valence-corrected chi connectivity index (χ3v) is 4.42. The number of hydrogen-bond acceptors (Lipinski definition) is 4. The molecular weight excluding hydrogens is 312 g/mol. The lowest BCUT2D eigenvalue weighted by Crippen LogP contribution is -2.44. The molecule has 2 amide bonds. The molecule has 1 fully saturated rings. The average molecular weight is 342 g/mol. The van der Waals surface area contributed by atoms with Gasteiger partial charge in [-0.15, -0.1) is 0 Å². The van der Waals surface area contributed by atoms with Crippen LogP contribution in [0.2, 0.25) is 0 Å². The molecule has 0 radical (unpaired) electrons. The summed E-state index contributed by atoms with van der Waals surface area (Å²) in [4.78, 5) is 36.3. The van der Waals surface area contributed by atoms with E-state index in [2.05, 4.69) is 5.32 Å². The summed E-state index contributed by atoms with van der Waals surface area (Å²) in [6, 6.07) is -0.816. The molecule has 1 atom stereocenters. The van der Waals surface area contributed by atoms with E-state index < -0.39 is 23.7 Å². The van der Waals surface area contributed by atoms with Gasteiger partial charge in [0.2, 0.25) is 5.91 Å². The molecule has 0 unspecified atom stereocenters. The van der Waals surface area contributed by atoms with E-state index >= 15 is 0 Å². The van der Waals surface area contributed by atoms with Crippen LogP contribution in [0.1, 0.15) is 53.4 Å². The topological polar surface area (TPSA) is 95.9 Å². The Morgan fingerprint density at radius 1 is 1.21 bits per heavy atom. The monoisotopic (exact) mass is 342 g/mol. The van der Waals surface area contributed by atoms with Gasteiger partial charge in [-0.2, -0.15) is 0 Å². The van der Waals surface area contributed by atoms with E-state index in [9.17, 15) is 14.4 Å². The molecule has 0 bridgehead atoms. The molecule has 1 rings (SSSR count). The van der Waals surface area contributed by atoms with Crippen LogP contribution in [0.3, 0.4) is 0 Å². The summed E-state index contributed by atoms with van der Waals surface area (Å²) in [5, 5.41) is 11.8. The number of ether oxygens (including phenoxy) is 1. The highest BCUT2D eigenvalue weighted by atomic mass is 16.6. The van der Waals surface area contributed by atoms with Crippen molar-refractivity contribution in [2.45, 2.75) is 65.0 Å². The van der Waals surface area contributed by atoms with Gasteiger partial charge in [0, 0.05) is 19.5 Å². The molecule has 1 aliphatic carbocycles. The van der Waals surface area contributed by atoms with Gasteiger partial charge in [0.05, 0.1) is 0 Å². The molecule has 0 spiro atoms. The summed E-state index contributed by atoms with van der Waals surface area (Å²) >= 11 is 0. The minimum Gasteiger partial charge on any atom is -0.480 e. The van der Waals surface area contributed by atoms with Gasteiger partial charge < -0.3 is 20.1 Å².